The zero-order valence-electron chi connectivity index (χ0n) is 8.21. The molecule has 1 aromatic rings. The zero-order valence-corrected chi connectivity index (χ0v) is 8.21. The van der Waals surface area contributed by atoms with Gasteiger partial charge in [-0.1, -0.05) is 12.1 Å². The van der Waals surface area contributed by atoms with Gasteiger partial charge >= 0.3 is 0 Å². The fourth-order valence-corrected chi connectivity index (χ4v) is 1.71. The Balaban J connectivity index is 2.19. The van der Waals surface area contributed by atoms with Gasteiger partial charge in [0.05, 0.1) is 6.07 Å². The lowest BCUT2D eigenvalue weighted by atomic mass is 10.1. The van der Waals surface area contributed by atoms with Gasteiger partial charge in [0.25, 0.3) is 0 Å². The lowest BCUT2D eigenvalue weighted by Gasteiger charge is -2.07. The lowest BCUT2D eigenvalue weighted by Crippen LogP contribution is -2.12. The van der Waals surface area contributed by atoms with E-state index in [1.54, 1.807) is 0 Å². The monoisotopic (exact) mass is 201 g/mol. The first kappa shape index (κ1) is 9.69. The van der Waals surface area contributed by atoms with E-state index in [1.807, 2.05) is 24.3 Å². The van der Waals surface area contributed by atoms with Crippen LogP contribution in [0.1, 0.15) is 17.5 Å². The maximum absolute atomic E-state index is 11.3. The molecule has 0 bridgehead atoms. The predicted octanol–water partition coefficient (Wildman–Crippen LogP) is 1.14. The number of nitrogens with zero attached hydrogens (tertiary/aromatic N) is 1. The summed E-state index contributed by atoms with van der Waals surface area (Å²) in [5, 5.41) is 14.3. The average molecular weight is 201 g/mol. The second-order valence-corrected chi connectivity index (χ2v) is 3.43. The van der Waals surface area contributed by atoms with Crippen LogP contribution < -0.4 is 10.6 Å². The van der Waals surface area contributed by atoms with E-state index in [2.05, 4.69) is 10.6 Å². The number of anilines is 1. The van der Waals surface area contributed by atoms with Crippen molar-refractivity contribution in [3.63, 3.8) is 0 Å². The van der Waals surface area contributed by atoms with Gasteiger partial charge in [0, 0.05) is 18.8 Å². The number of rotatable bonds is 2. The van der Waals surface area contributed by atoms with E-state index in [0.717, 1.165) is 24.3 Å². The molecule has 0 aliphatic carbocycles. The average Bonchev–Trinajstić information content (AvgIpc) is 2.67. The molecule has 0 fully saturated rings. The zero-order chi connectivity index (χ0) is 10.7. The Hall–Kier alpha value is -1.86. The van der Waals surface area contributed by atoms with Crippen molar-refractivity contribution in [3.05, 3.63) is 29.3 Å². The Morgan fingerprint density at radius 2 is 2.40 bits per heavy atom. The van der Waals surface area contributed by atoms with Crippen LogP contribution in [0, 0.1) is 11.3 Å². The van der Waals surface area contributed by atoms with E-state index in [-0.39, 0.29) is 12.3 Å². The van der Waals surface area contributed by atoms with Crippen molar-refractivity contribution in [2.75, 3.05) is 5.32 Å². The van der Waals surface area contributed by atoms with E-state index >= 15 is 0 Å². The second-order valence-electron chi connectivity index (χ2n) is 3.43. The first-order valence-electron chi connectivity index (χ1n) is 4.79. The molecule has 1 heterocycles. The molecule has 0 unspecified atom stereocenters. The Bertz CT molecular complexity index is 434. The van der Waals surface area contributed by atoms with Crippen molar-refractivity contribution < 1.29 is 4.79 Å². The van der Waals surface area contributed by atoms with Gasteiger partial charge in [-0.25, -0.2) is 0 Å². The molecule has 0 aromatic heterocycles. The maximum Gasteiger partial charge on any atom is 0.238 e. The molecule has 2 N–H and O–H groups in total. The molecule has 1 amide bonds. The number of fused-ring (bicyclic) bond motifs is 1. The SMILES string of the molecule is N#CCC(=O)Nc1cccc2c1CNC2. The van der Waals surface area contributed by atoms with Gasteiger partial charge in [-0.15, -0.1) is 0 Å². The summed E-state index contributed by atoms with van der Waals surface area (Å²) in [4.78, 5) is 11.3. The number of hydrogen-bond donors (Lipinski definition) is 2. The molecule has 76 valence electrons. The molecule has 1 aliphatic rings. The summed E-state index contributed by atoms with van der Waals surface area (Å²) in [6.45, 7) is 1.62. The first-order valence-corrected chi connectivity index (χ1v) is 4.79. The maximum atomic E-state index is 11.3. The Morgan fingerprint density at radius 3 is 3.20 bits per heavy atom. The summed E-state index contributed by atoms with van der Waals surface area (Å²) in [6, 6.07) is 7.64. The van der Waals surface area contributed by atoms with E-state index in [0.29, 0.717) is 0 Å². The van der Waals surface area contributed by atoms with Crippen LogP contribution in [0.3, 0.4) is 0 Å². The highest BCUT2D eigenvalue weighted by Crippen LogP contribution is 2.23. The van der Waals surface area contributed by atoms with E-state index < -0.39 is 0 Å². The second kappa shape index (κ2) is 4.11. The third-order valence-corrected chi connectivity index (χ3v) is 2.40. The molecule has 1 aliphatic heterocycles. The molecular formula is C11H11N3O. The number of nitrogens with one attached hydrogen (secondary N) is 2. The molecule has 4 heteroatoms. The van der Waals surface area contributed by atoms with Crippen LogP contribution in [0.15, 0.2) is 18.2 Å². The summed E-state index contributed by atoms with van der Waals surface area (Å²) in [5.74, 6) is -0.252. The van der Waals surface area contributed by atoms with Crippen LogP contribution in [0.5, 0.6) is 0 Å². The molecule has 0 saturated carbocycles. The first-order chi connectivity index (χ1) is 7.31. The number of amides is 1. The van der Waals surface area contributed by atoms with Gasteiger partial charge < -0.3 is 10.6 Å². The number of hydrogen-bond acceptors (Lipinski definition) is 3. The Morgan fingerprint density at radius 1 is 1.53 bits per heavy atom. The van der Waals surface area contributed by atoms with Crippen LogP contribution >= 0.6 is 0 Å². The lowest BCUT2D eigenvalue weighted by molar-refractivity contribution is -0.115. The third-order valence-electron chi connectivity index (χ3n) is 2.40. The fourth-order valence-electron chi connectivity index (χ4n) is 1.71. The van der Waals surface area contributed by atoms with Gasteiger partial charge in [0.1, 0.15) is 6.42 Å². The van der Waals surface area contributed by atoms with Crippen molar-refractivity contribution in [3.8, 4) is 6.07 Å². The molecule has 0 atom stereocenters. The van der Waals surface area contributed by atoms with Crippen LogP contribution in [0.2, 0.25) is 0 Å². The number of benzene rings is 1. The smallest absolute Gasteiger partial charge is 0.238 e. The standard InChI is InChI=1S/C11H11N3O/c12-5-4-11(15)14-10-3-1-2-8-6-13-7-9(8)10/h1-3,13H,4,6-7H2,(H,14,15). The molecule has 4 nitrogen and oxygen atoms in total. The van der Waals surface area contributed by atoms with Gasteiger partial charge in [-0.2, -0.15) is 5.26 Å². The molecule has 15 heavy (non-hydrogen) atoms. The topological polar surface area (TPSA) is 64.9 Å². The van der Waals surface area contributed by atoms with E-state index in [1.165, 1.54) is 5.56 Å². The predicted molar refractivity (Wildman–Crippen MR) is 55.8 cm³/mol. The largest absolute Gasteiger partial charge is 0.325 e. The van der Waals surface area contributed by atoms with Gasteiger partial charge in [-0.3, -0.25) is 4.79 Å². The molecule has 2 rings (SSSR count). The van der Waals surface area contributed by atoms with Crippen LogP contribution in [-0.2, 0) is 17.9 Å². The number of carbonyl (C=O) groups excluding carboxylic acids is 1. The van der Waals surface area contributed by atoms with E-state index in [4.69, 9.17) is 5.26 Å². The van der Waals surface area contributed by atoms with E-state index in [9.17, 15) is 4.79 Å². The minimum Gasteiger partial charge on any atom is -0.325 e. The highest BCUT2D eigenvalue weighted by molar-refractivity contribution is 5.93. The summed E-state index contributed by atoms with van der Waals surface area (Å²) in [5.41, 5.74) is 3.16. The normalized spacial score (nSPS) is 13.0. The fraction of sp³-hybridized carbons (Fsp3) is 0.273. The van der Waals surface area contributed by atoms with Gasteiger partial charge in [-0.05, 0) is 17.2 Å². The van der Waals surface area contributed by atoms with Crippen LogP contribution in [0.4, 0.5) is 5.69 Å². The molecule has 0 radical (unpaired) electrons. The van der Waals surface area contributed by atoms with Crippen molar-refractivity contribution in [1.29, 1.82) is 5.26 Å². The van der Waals surface area contributed by atoms with Crippen LogP contribution in [0.25, 0.3) is 0 Å². The van der Waals surface area contributed by atoms with Gasteiger partial charge in [0.15, 0.2) is 0 Å². The highest BCUT2D eigenvalue weighted by Gasteiger charge is 2.14. The van der Waals surface area contributed by atoms with Crippen molar-refractivity contribution in [1.82, 2.24) is 5.32 Å². The summed E-state index contributed by atoms with van der Waals surface area (Å²) < 4.78 is 0. The summed E-state index contributed by atoms with van der Waals surface area (Å²) >= 11 is 0. The van der Waals surface area contributed by atoms with Crippen molar-refractivity contribution >= 4 is 11.6 Å². The molecular weight excluding hydrogens is 190 g/mol. The third kappa shape index (κ3) is 1.97. The number of nitriles is 1. The van der Waals surface area contributed by atoms with Crippen molar-refractivity contribution in [2.45, 2.75) is 19.5 Å². The molecule has 0 saturated heterocycles. The minimum absolute atomic E-state index is 0.100. The number of carbonyl (C=O) groups is 1. The van der Waals surface area contributed by atoms with Gasteiger partial charge in [0.2, 0.25) is 5.91 Å². The molecule has 1 aromatic carbocycles. The Kier molecular flexibility index (Phi) is 2.66. The summed E-state index contributed by atoms with van der Waals surface area (Å²) in [6.07, 6.45) is -0.100. The molecule has 0 spiro atoms. The minimum atomic E-state index is -0.252. The summed E-state index contributed by atoms with van der Waals surface area (Å²) in [7, 11) is 0. The highest BCUT2D eigenvalue weighted by atomic mass is 16.1. The quantitative estimate of drug-likeness (QED) is 0.754. The van der Waals surface area contributed by atoms with Crippen LogP contribution in [-0.4, -0.2) is 5.91 Å². The Labute approximate surface area is 87.9 Å². The van der Waals surface area contributed by atoms with Crippen molar-refractivity contribution in [2.24, 2.45) is 0 Å².